The zero-order chi connectivity index (χ0) is 21.3. The highest BCUT2D eigenvalue weighted by atomic mass is 19.4. The minimum Gasteiger partial charge on any atom is -0.317 e. The lowest BCUT2D eigenvalue weighted by Crippen LogP contribution is -2.69. The minimum absolute atomic E-state index is 0.0199. The predicted octanol–water partition coefficient (Wildman–Crippen LogP) is 3.46. The molecule has 3 atom stereocenters. The molecule has 8 heteroatoms. The second kappa shape index (κ2) is 8.34. The van der Waals surface area contributed by atoms with Crippen LogP contribution in [0.25, 0.3) is 0 Å². The second-order valence-corrected chi connectivity index (χ2v) is 8.19. The summed E-state index contributed by atoms with van der Waals surface area (Å²) in [6.45, 7) is 8.79. The highest BCUT2D eigenvalue weighted by Crippen LogP contribution is 2.30. The molecule has 0 aromatic heterocycles. The quantitative estimate of drug-likeness (QED) is 0.762. The fourth-order valence-electron chi connectivity index (χ4n) is 4.23. The Morgan fingerprint density at radius 2 is 1.86 bits per heavy atom. The van der Waals surface area contributed by atoms with E-state index in [-0.39, 0.29) is 42.6 Å². The van der Waals surface area contributed by atoms with E-state index in [2.05, 4.69) is 18.7 Å². The molecular weight excluding hydrogens is 383 g/mol. The summed E-state index contributed by atoms with van der Waals surface area (Å²) in [4.78, 5) is 31.3. The van der Waals surface area contributed by atoms with Gasteiger partial charge in [-0.05, 0) is 37.1 Å². The number of benzene rings is 1. The number of alkyl halides is 3. The van der Waals surface area contributed by atoms with Crippen LogP contribution >= 0.6 is 0 Å². The Hall–Kier alpha value is -2.09. The lowest BCUT2D eigenvalue weighted by Gasteiger charge is -2.52. The number of rotatable bonds is 4. The lowest BCUT2D eigenvalue weighted by molar-refractivity contribution is -0.152. The highest BCUT2D eigenvalue weighted by molar-refractivity contribution is 5.95. The third kappa shape index (κ3) is 4.57. The summed E-state index contributed by atoms with van der Waals surface area (Å²) in [5.74, 6) is 0.202. The van der Waals surface area contributed by atoms with Gasteiger partial charge < -0.3 is 9.80 Å². The molecule has 1 aromatic carbocycles. The highest BCUT2D eigenvalue weighted by Gasteiger charge is 2.43. The van der Waals surface area contributed by atoms with Crippen molar-refractivity contribution in [3.63, 3.8) is 0 Å². The van der Waals surface area contributed by atoms with E-state index in [0.717, 1.165) is 31.6 Å². The first kappa shape index (κ1) is 21.6. The molecule has 5 nitrogen and oxygen atoms in total. The molecule has 160 valence electrons. The molecule has 3 rings (SSSR count). The number of nitrogens with zero attached hydrogens (tertiary/aromatic N) is 3. The molecule has 2 aliphatic heterocycles. The first-order valence-corrected chi connectivity index (χ1v) is 10.1. The summed E-state index contributed by atoms with van der Waals surface area (Å²) >= 11 is 0. The molecule has 0 spiro atoms. The molecule has 0 bridgehead atoms. The number of halogens is 3. The van der Waals surface area contributed by atoms with Crippen molar-refractivity contribution in [1.82, 2.24) is 14.7 Å². The minimum atomic E-state index is -4.44. The maximum Gasteiger partial charge on any atom is 0.416 e. The van der Waals surface area contributed by atoms with Crippen molar-refractivity contribution < 1.29 is 22.8 Å². The van der Waals surface area contributed by atoms with Crippen LogP contribution in [0.3, 0.4) is 0 Å². The standard InChI is InChI=1S/C21H28F3N3O2/c1-4-14(2)11-25-12-15(3)27-18(13-25)26(10-9-19(27)28)20(29)16-5-7-17(8-6-16)21(22,23)24/h5-8,14-15,18H,4,9-13H2,1-3H3. The van der Waals surface area contributed by atoms with Crippen molar-refractivity contribution in [3.8, 4) is 0 Å². The van der Waals surface area contributed by atoms with Crippen molar-refractivity contribution in [3.05, 3.63) is 35.4 Å². The maximum atomic E-state index is 13.1. The largest absolute Gasteiger partial charge is 0.416 e. The molecule has 0 aliphatic carbocycles. The average Bonchev–Trinajstić information content (AvgIpc) is 2.66. The van der Waals surface area contributed by atoms with Gasteiger partial charge in [-0.2, -0.15) is 13.2 Å². The molecule has 2 heterocycles. The Labute approximate surface area is 169 Å². The van der Waals surface area contributed by atoms with Gasteiger partial charge in [-0.25, -0.2) is 0 Å². The van der Waals surface area contributed by atoms with Crippen molar-refractivity contribution in [2.24, 2.45) is 5.92 Å². The van der Waals surface area contributed by atoms with Gasteiger partial charge in [0.25, 0.3) is 5.91 Å². The first-order chi connectivity index (χ1) is 13.6. The van der Waals surface area contributed by atoms with Crippen LogP contribution in [0.2, 0.25) is 0 Å². The Morgan fingerprint density at radius 3 is 2.45 bits per heavy atom. The van der Waals surface area contributed by atoms with Crippen LogP contribution in [-0.4, -0.2) is 64.9 Å². The van der Waals surface area contributed by atoms with E-state index < -0.39 is 11.7 Å². The Kier molecular flexibility index (Phi) is 6.22. The molecule has 0 saturated carbocycles. The summed E-state index contributed by atoms with van der Waals surface area (Å²) in [5.41, 5.74) is -0.575. The molecule has 29 heavy (non-hydrogen) atoms. The van der Waals surface area contributed by atoms with Crippen LogP contribution in [0, 0.1) is 5.92 Å². The van der Waals surface area contributed by atoms with E-state index in [1.54, 1.807) is 9.80 Å². The molecule has 2 amide bonds. The Balaban J connectivity index is 1.82. The van der Waals surface area contributed by atoms with Crippen molar-refractivity contribution in [2.75, 3.05) is 26.2 Å². The molecule has 0 N–H and O–H groups in total. The van der Waals surface area contributed by atoms with E-state index in [4.69, 9.17) is 0 Å². The number of carbonyl (C=O) groups excluding carboxylic acids is 2. The summed E-state index contributed by atoms with van der Waals surface area (Å²) in [7, 11) is 0. The molecule has 2 fully saturated rings. The fourth-order valence-corrected chi connectivity index (χ4v) is 4.23. The van der Waals surface area contributed by atoms with Gasteiger partial charge in [0, 0.05) is 44.2 Å². The summed E-state index contributed by atoms with van der Waals surface area (Å²) < 4.78 is 38.4. The second-order valence-electron chi connectivity index (χ2n) is 8.19. The van der Waals surface area contributed by atoms with Gasteiger partial charge in [-0.15, -0.1) is 0 Å². The van der Waals surface area contributed by atoms with E-state index in [1.165, 1.54) is 12.1 Å². The zero-order valence-corrected chi connectivity index (χ0v) is 17.1. The normalized spacial score (nSPS) is 24.4. The van der Waals surface area contributed by atoms with Crippen molar-refractivity contribution >= 4 is 11.8 Å². The number of carbonyl (C=O) groups is 2. The van der Waals surface area contributed by atoms with E-state index in [1.807, 2.05) is 6.92 Å². The van der Waals surface area contributed by atoms with Crippen molar-refractivity contribution in [2.45, 2.75) is 52.0 Å². The number of fused-ring (bicyclic) bond motifs is 1. The van der Waals surface area contributed by atoms with E-state index in [9.17, 15) is 22.8 Å². The van der Waals surface area contributed by atoms with Gasteiger partial charge in [0.05, 0.1) is 5.56 Å². The van der Waals surface area contributed by atoms with Crippen LogP contribution in [0.15, 0.2) is 24.3 Å². The van der Waals surface area contributed by atoms with E-state index >= 15 is 0 Å². The Morgan fingerprint density at radius 1 is 1.21 bits per heavy atom. The lowest BCUT2D eigenvalue weighted by atomic mass is 10.0. The van der Waals surface area contributed by atoms with Gasteiger partial charge in [0.1, 0.15) is 6.17 Å². The van der Waals surface area contributed by atoms with Crippen LogP contribution in [-0.2, 0) is 11.0 Å². The van der Waals surface area contributed by atoms with Gasteiger partial charge in [0.2, 0.25) is 5.91 Å². The van der Waals surface area contributed by atoms with Crippen molar-refractivity contribution in [1.29, 1.82) is 0 Å². The van der Waals surface area contributed by atoms with Gasteiger partial charge >= 0.3 is 6.18 Å². The summed E-state index contributed by atoms with van der Waals surface area (Å²) in [6, 6.07) is 4.27. The number of amides is 2. The molecule has 2 aliphatic rings. The average molecular weight is 411 g/mol. The fraction of sp³-hybridized carbons (Fsp3) is 0.619. The van der Waals surface area contributed by atoms with Gasteiger partial charge in [-0.3, -0.25) is 14.5 Å². The third-order valence-corrected chi connectivity index (χ3v) is 5.94. The van der Waals surface area contributed by atoms with Gasteiger partial charge in [0.15, 0.2) is 0 Å². The van der Waals surface area contributed by atoms with Crippen LogP contribution < -0.4 is 0 Å². The predicted molar refractivity (Wildman–Crippen MR) is 103 cm³/mol. The zero-order valence-electron chi connectivity index (χ0n) is 17.1. The smallest absolute Gasteiger partial charge is 0.317 e. The van der Waals surface area contributed by atoms with Crippen LogP contribution in [0.4, 0.5) is 13.2 Å². The SMILES string of the molecule is CCC(C)CN1CC(C)N2C(=O)CCN(C(=O)c3ccc(C(F)(F)F)cc3)C2C1. The third-order valence-electron chi connectivity index (χ3n) is 5.94. The number of piperazine rings is 1. The molecule has 0 radical (unpaired) electrons. The molecule has 1 aromatic rings. The maximum absolute atomic E-state index is 13.1. The summed E-state index contributed by atoms with van der Waals surface area (Å²) in [6.07, 6.45) is -3.55. The Bertz CT molecular complexity index is 751. The van der Waals surface area contributed by atoms with E-state index in [0.29, 0.717) is 12.5 Å². The molecule has 3 unspecified atom stereocenters. The topological polar surface area (TPSA) is 43.9 Å². The number of hydrogen-bond acceptors (Lipinski definition) is 3. The van der Waals surface area contributed by atoms with Crippen LogP contribution in [0.5, 0.6) is 0 Å². The van der Waals surface area contributed by atoms with Crippen LogP contribution in [0.1, 0.15) is 49.5 Å². The van der Waals surface area contributed by atoms with Gasteiger partial charge in [-0.1, -0.05) is 20.3 Å². The monoisotopic (exact) mass is 411 g/mol. The summed E-state index contributed by atoms with van der Waals surface area (Å²) in [5, 5.41) is 0. The first-order valence-electron chi connectivity index (χ1n) is 10.1. The molecule has 2 saturated heterocycles. The molecular formula is C21H28F3N3O2. The number of hydrogen-bond donors (Lipinski definition) is 0.